The first-order chi connectivity index (χ1) is 7.67. The lowest BCUT2D eigenvalue weighted by molar-refractivity contribution is 0.0852. The van der Waals surface area contributed by atoms with Crippen molar-refractivity contribution in [2.45, 2.75) is 12.5 Å². The Morgan fingerprint density at radius 2 is 2.44 bits per heavy atom. The third-order valence-corrected chi connectivity index (χ3v) is 2.18. The van der Waals surface area contributed by atoms with E-state index in [4.69, 9.17) is 25.9 Å². The zero-order valence-corrected chi connectivity index (χ0v) is 9.66. The average molecular weight is 248 g/mol. The van der Waals surface area contributed by atoms with Gasteiger partial charge in [-0.2, -0.15) is 0 Å². The molecule has 0 aliphatic heterocycles. The van der Waals surface area contributed by atoms with Crippen LogP contribution >= 0.6 is 11.6 Å². The van der Waals surface area contributed by atoms with Crippen molar-refractivity contribution in [3.05, 3.63) is 23.1 Å². The number of aliphatic hydroxyl groups excluding tert-OH is 1. The predicted octanol–water partition coefficient (Wildman–Crippen LogP) is 1.06. The highest BCUT2D eigenvalue weighted by molar-refractivity contribution is 6.29. The van der Waals surface area contributed by atoms with Gasteiger partial charge in [0, 0.05) is 13.7 Å². The van der Waals surface area contributed by atoms with E-state index in [0.29, 0.717) is 13.0 Å². The average Bonchev–Trinajstić information content (AvgIpc) is 2.65. The zero-order chi connectivity index (χ0) is 12.0. The number of hydrogen-bond acceptors (Lipinski definition) is 4. The number of furan rings is 1. The van der Waals surface area contributed by atoms with Crippen LogP contribution in [-0.2, 0) is 4.74 Å². The van der Waals surface area contributed by atoms with E-state index in [1.165, 1.54) is 19.2 Å². The Morgan fingerprint density at radius 1 is 1.69 bits per heavy atom. The van der Waals surface area contributed by atoms with Crippen molar-refractivity contribution in [1.82, 2.24) is 5.32 Å². The molecule has 0 radical (unpaired) electrons. The van der Waals surface area contributed by atoms with Crippen LogP contribution in [0, 0.1) is 0 Å². The molecule has 0 aliphatic carbocycles. The van der Waals surface area contributed by atoms with Crippen LogP contribution in [0.1, 0.15) is 17.0 Å². The number of methoxy groups -OCH3 is 1. The summed E-state index contributed by atoms with van der Waals surface area (Å²) in [4.78, 5) is 11.6. The number of amides is 1. The van der Waals surface area contributed by atoms with E-state index in [9.17, 15) is 4.79 Å². The smallest absolute Gasteiger partial charge is 0.287 e. The van der Waals surface area contributed by atoms with Crippen molar-refractivity contribution in [1.29, 1.82) is 0 Å². The number of hydrogen-bond donors (Lipinski definition) is 2. The SMILES string of the molecule is COCC(CCO)NC(=O)c1ccc(Cl)o1. The highest BCUT2D eigenvalue weighted by Crippen LogP contribution is 2.13. The molecule has 16 heavy (non-hydrogen) atoms. The number of rotatable bonds is 6. The molecule has 2 N–H and O–H groups in total. The molecule has 0 aromatic carbocycles. The molecule has 0 bridgehead atoms. The number of aliphatic hydroxyl groups is 1. The van der Waals surface area contributed by atoms with Crippen molar-refractivity contribution in [2.24, 2.45) is 0 Å². The van der Waals surface area contributed by atoms with Gasteiger partial charge in [-0.1, -0.05) is 0 Å². The topological polar surface area (TPSA) is 71.7 Å². The number of carbonyl (C=O) groups is 1. The highest BCUT2D eigenvalue weighted by Gasteiger charge is 2.15. The first-order valence-electron chi connectivity index (χ1n) is 4.83. The van der Waals surface area contributed by atoms with Crippen molar-refractivity contribution in [3.8, 4) is 0 Å². The van der Waals surface area contributed by atoms with E-state index in [1.54, 1.807) is 0 Å². The van der Waals surface area contributed by atoms with Crippen LogP contribution in [0.3, 0.4) is 0 Å². The minimum Gasteiger partial charge on any atom is -0.440 e. The molecule has 1 atom stereocenters. The molecule has 1 aromatic rings. The maximum Gasteiger partial charge on any atom is 0.287 e. The number of nitrogens with one attached hydrogen (secondary N) is 1. The van der Waals surface area contributed by atoms with Gasteiger partial charge in [-0.3, -0.25) is 4.79 Å². The standard InChI is InChI=1S/C10H14ClNO4/c1-15-6-7(4-5-13)12-10(14)8-2-3-9(11)16-8/h2-3,7,13H,4-6H2,1H3,(H,12,14). The van der Waals surface area contributed by atoms with Gasteiger partial charge < -0.3 is 19.6 Å². The Kier molecular flexibility index (Phi) is 5.31. The van der Waals surface area contributed by atoms with Crippen LogP contribution in [0.5, 0.6) is 0 Å². The molecule has 90 valence electrons. The van der Waals surface area contributed by atoms with Gasteiger partial charge in [0.2, 0.25) is 0 Å². The summed E-state index contributed by atoms with van der Waals surface area (Å²) in [7, 11) is 1.53. The van der Waals surface area contributed by atoms with Crippen LogP contribution in [0.4, 0.5) is 0 Å². The fraction of sp³-hybridized carbons (Fsp3) is 0.500. The number of ether oxygens (including phenoxy) is 1. The summed E-state index contributed by atoms with van der Waals surface area (Å²) in [6.45, 7) is 0.313. The molecule has 0 spiro atoms. The van der Waals surface area contributed by atoms with E-state index in [1.807, 2.05) is 0 Å². The van der Waals surface area contributed by atoms with E-state index >= 15 is 0 Å². The molecule has 6 heteroatoms. The summed E-state index contributed by atoms with van der Waals surface area (Å²) in [6, 6.07) is 2.74. The molecular formula is C10H14ClNO4. The lowest BCUT2D eigenvalue weighted by Gasteiger charge is -2.15. The summed E-state index contributed by atoms with van der Waals surface area (Å²) in [5.41, 5.74) is 0. The van der Waals surface area contributed by atoms with Crippen LogP contribution < -0.4 is 5.32 Å². The monoisotopic (exact) mass is 247 g/mol. The Morgan fingerprint density at radius 3 is 2.94 bits per heavy atom. The van der Waals surface area contributed by atoms with Gasteiger partial charge >= 0.3 is 0 Å². The van der Waals surface area contributed by atoms with Gasteiger partial charge in [0.25, 0.3) is 5.91 Å². The maximum atomic E-state index is 11.6. The van der Waals surface area contributed by atoms with Crippen LogP contribution in [-0.4, -0.2) is 37.4 Å². The fourth-order valence-electron chi connectivity index (χ4n) is 1.25. The molecule has 1 unspecified atom stereocenters. The Hall–Kier alpha value is -1.04. The summed E-state index contributed by atoms with van der Waals surface area (Å²) in [5, 5.41) is 11.6. The second-order valence-corrected chi connectivity index (χ2v) is 3.61. The van der Waals surface area contributed by atoms with E-state index in [-0.39, 0.29) is 29.5 Å². The first kappa shape index (κ1) is 13.0. The van der Waals surface area contributed by atoms with Gasteiger partial charge in [-0.05, 0) is 30.2 Å². The van der Waals surface area contributed by atoms with Crippen LogP contribution in [0.25, 0.3) is 0 Å². The molecule has 1 rings (SSSR count). The Balaban J connectivity index is 2.54. The molecule has 0 saturated heterocycles. The molecular weight excluding hydrogens is 234 g/mol. The van der Waals surface area contributed by atoms with Crippen LogP contribution in [0.2, 0.25) is 5.22 Å². The molecule has 1 amide bonds. The fourth-order valence-corrected chi connectivity index (χ4v) is 1.39. The molecule has 1 aromatic heterocycles. The molecule has 1 heterocycles. The van der Waals surface area contributed by atoms with Gasteiger partial charge in [0.1, 0.15) is 0 Å². The summed E-state index contributed by atoms with van der Waals surface area (Å²) >= 11 is 5.55. The summed E-state index contributed by atoms with van der Waals surface area (Å²) in [6.07, 6.45) is 0.425. The van der Waals surface area contributed by atoms with E-state index in [2.05, 4.69) is 5.32 Å². The van der Waals surface area contributed by atoms with Gasteiger partial charge in [-0.25, -0.2) is 0 Å². The Bertz CT molecular complexity index is 333. The normalized spacial score (nSPS) is 12.4. The van der Waals surface area contributed by atoms with Gasteiger partial charge in [-0.15, -0.1) is 0 Å². The highest BCUT2D eigenvalue weighted by atomic mass is 35.5. The first-order valence-corrected chi connectivity index (χ1v) is 5.21. The van der Waals surface area contributed by atoms with E-state index in [0.717, 1.165) is 0 Å². The molecule has 0 aliphatic rings. The van der Waals surface area contributed by atoms with Crippen LogP contribution in [0.15, 0.2) is 16.5 Å². The molecule has 0 fully saturated rings. The van der Waals surface area contributed by atoms with Gasteiger partial charge in [0.05, 0.1) is 12.6 Å². The lowest BCUT2D eigenvalue weighted by atomic mass is 10.2. The minimum absolute atomic E-state index is 0.0206. The van der Waals surface area contributed by atoms with Crippen molar-refractivity contribution >= 4 is 17.5 Å². The number of halogens is 1. The Labute approximate surface area is 98.3 Å². The van der Waals surface area contributed by atoms with Crippen molar-refractivity contribution in [2.75, 3.05) is 20.3 Å². The summed E-state index contributed by atoms with van der Waals surface area (Å²) < 4.78 is 9.87. The zero-order valence-electron chi connectivity index (χ0n) is 8.90. The molecule has 5 nitrogen and oxygen atoms in total. The van der Waals surface area contributed by atoms with Crippen molar-refractivity contribution < 1.29 is 19.1 Å². The van der Waals surface area contributed by atoms with Crippen molar-refractivity contribution in [3.63, 3.8) is 0 Å². The third kappa shape index (κ3) is 3.84. The van der Waals surface area contributed by atoms with Gasteiger partial charge in [0.15, 0.2) is 11.0 Å². The lowest BCUT2D eigenvalue weighted by Crippen LogP contribution is -2.38. The minimum atomic E-state index is -0.373. The third-order valence-electron chi connectivity index (χ3n) is 1.98. The quantitative estimate of drug-likeness (QED) is 0.789. The van der Waals surface area contributed by atoms with E-state index < -0.39 is 0 Å². The maximum absolute atomic E-state index is 11.6. The second-order valence-electron chi connectivity index (χ2n) is 3.24. The second kappa shape index (κ2) is 6.52. The summed E-state index contributed by atoms with van der Waals surface area (Å²) in [5.74, 6) is -0.230. The molecule has 0 saturated carbocycles. The largest absolute Gasteiger partial charge is 0.440 e. The predicted molar refractivity (Wildman–Crippen MR) is 58.6 cm³/mol. The number of carbonyl (C=O) groups excluding carboxylic acids is 1.